The van der Waals surface area contributed by atoms with Gasteiger partial charge in [-0.2, -0.15) is 0 Å². The molecule has 0 unspecified atom stereocenters. The van der Waals surface area contributed by atoms with Crippen molar-refractivity contribution in [3.05, 3.63) is 29.6 Å². The summed E-state index contributed by atoms with van der Waals surface area (Å²) in [6.45, 7) is 4.44. The van der Waals surface area contributed by atoms with Crippen LogP contribution >= 0.6 is 0 Å². The fraction of sp³-hybridized carbons (Fsp3) is 0.632. The minimum atomic E-state index is -0.522. The Balaban J connectivity index is 1.58. The highest BCUT2D eigenvalue weighted by atomic mass is 19.1. The van der Waals surface area contributed by atoms with Crippen LogP contribution in [0.3, 0.4) is 0 Å². The quantitative estimate of drug-likeness (QED) is 0.777. The first-order valence-electron chi connectivity index (χ1n) is 9.23. The van der Waals surface area contributed by atoms with Gasteiger partial charge in [-0.1, -0.05) is 6.07 Å². The van der Waals surface area contributed by atoms with E-state index in [1.807, 2.05) is 17.9 Å². The van der Waals surface area contributed by atoms with Gasteiger partial charge < -0.3 is 20.6 Å². The molecule has 138 valence electrons. The lowest BCUT2D eigenvalue weighted by Crippen LogP contribution is -2.56. The number of amides is 1. The van der Waals surface area contributed by atoms with Gasteiger partial charge in [0, 0.05) is 19.6 Å². The number of carbonyl (C=O) groups is 1. The summed E-state index contributed by atoms with van der Waals surface area (Å²) in [4.78, 5) is 14.4. The van der Waals surface area contributed by atoms with Gasteiger partial charge >= 0.3 is 0 Å². The molecule has 3 N–H and O–H groups in total. The van der Waals surface area contributed by atoms with E-state index in [9.17, 15) is 14.3 Å². The van der Waals surface area contributed by atoms with Crippen molar-refractivity contribution in [2.45, 2.75) is 57.2 Å². The molecule has 2 aliphatic rings. The van der Waals surface area contributed by atoms with Crippen molar-refractivity contribution in [2.75, 3.05) is 24.5 Å². The molecule has 0 radical (unpaired) electrons. The lowest BCUT2D eigenvalue weighted by Gasteiger charge is -2.33. The Hall–Kier alpha value is -1.66. The van der Waals surface area contributed by atoms with Crippen LogP contribution in [0.15, 0.2) is 18.2 Å². The number of nitrogens with zero attached hydrogens (tertiary/aromatic N) is 1. The van der Waals surface area contributed by atoms with Gasteiger partial charge in [0.15, 0.2) is 0 Å². The lowest BCUT2D eigenvalue weighted by atomic mass is 9.90. The summed E-state index contributed by atoms with van der Waals surface area (Å²) in [5.41, 5.74) is 0.805. The molecule has 0 aromatic heterocycles. The Morgan fingerprint density at radius 2 is 2.16 bits per heavy atom. The van der Waals surface area contributed by atoms with Crippen molar-refractivity contribution < 1.29 is 14.3 Å². The number of aliphatic hydroxyl groups excluding tert-OH is 1. The summed E-state index contributed by atoms with van der Waals surface area (Å²) in [5.74, 6) is -0.299. The Bertz CT molecular complexity index is 609. The minimum Gasteiger partial charge on any atom is -0.393 e. The maximum absolute atomic E-state index is 14.5. The first kappa shape index (κ1) is 18.1. The smallest absolute Gasteiger partial charge is 0.240 e. The van der Waals surface area contributed by atoms with Gasteiger partial charge in [-0.05, 0) is 63.3 Å². The Labute approximate surface area is 148 Å². The Morgan fingerprint density at radius 1 is 1.40 bits per heavy atom. The number of carbonyl (C=O) groups excluding carboxylic acids is 1. The van der Waals surface area contributed by atoms with Crippen LogP contribution in [0.25, 0.3) is 0 Å². The highest BCUT2D eigenvalue weighted by Crippen LogP contribution is 2.24. The van der Waals surface area contributed by atoms with Crippen LogP contribution in [-0.4, -0.2) is 42.3 Å². The van der Waals surface area contributed by atoms with Crippen LogP contribution in [-0.2, 0) is 11.3 Å². The molecule has 1 aromatic carbocycles. The molecular weight excluding hydrogens is 321 g/mol. The van der Waals surface area contributed by atoms with Gasteiger partial charge in [-0.3, -0.25) is 4.79 Å². The van der Waals surface area contributed by atoms with Crippen molar-refractivity contribution in [1.82, 2.24) is 10.6 Å². The number of benzene rings is 1. The molecule has 1 atom stereocenters. The van der Waals surface area contributed by atoms with Crippen LogP contribution < -0.4 is 15.5 Å². The molecule has 0 saturated carbocycles. The number of hydrogen-bond acceptors (Lipinski definition) is 4. The molecule has 2 aliphatic heterocycles. The van der Waals surface area contributed by atoms with Gasteiger partial charge in [0.1, 0.15) is 5.82 Å². The monoisotopic (exact) mass is 349 g/mol. The topological polar surface area (TPSA) is 64.6 Å². The zero-order valence-electron chi connectivity index (χ0n) is 14.9. The molecule has 2 heterocycles. The first-order chi connectivity index (χ1) is 12.0. The lowest BCUT2D eigenvalue weighted by molar-refractivity contribution is -0.128. The number of piperidine rings is 2. The van der Waals surface area contributed by atoms with Gasteiger partial charge in [0.2, 0.25) is 5.91 Å². The number of rotatable bonds is 4. The predicted molar refractivity (Wildman–Crippen MR) is 96.0 cm³/mol. The molecule has 0 aliphatic carbocycles. The van der Waals surface area contributed by atoms with Gasteiger partial charge in [-0.25, -0.2) is 4.39 Å². The molecule has 3 rings (SSSR count). The number of halogens is 1. The minimum absolute atomic E-state index is 0.0262. The van der Waals surface area contributed by atoms with Crippen molar-refractivity contribution in [2.24, 2.45) is 0 Å². The van der Waals surface area contributed by atoms with Crippen LogP contribution in [0.2, 0.25) is 0 Å². The third-order valence-electron chi connectivity index (χ3n) is 5.39. The van der Waals surface area contributed by atoms with E-state index in [0.717, 1.165) is 31.4 Å². The number of aliphatic hydroxyl groups is 1. The second kappa shape index (κ2) is 7.70. The van der Waals surface area contributed by atoms with Crippen molar-refractivity contribution in [3.8, 4) is 0 Å². The second-order valence-electron chi connectivity index (χ2n) is 7.40. The summed E-state index contributed by atoms with van der Waals surface area (Å²) in [6.07, 6.45) is 4.04. The summed E-state index contributed by atoms with van der Waals surface area (Å²) < 4.78 is 14.5. The standard InChI is InChI=1S/C19H28FN3O2/c1-19(8-2-3-9-22-19)18(25)21-13-14-4-5-17(16(20)12-14)23-10-6-15(24)7-11-23/h4-5,12,15,22,24H,2-3,6-11,13H2,1H3,(H,21,25)/t19-/m0/s1. The van der Waals surface area contributed by atoms with Crippen LogP contribution in [0.1, 0.15) is 44.6 Å². The van der Waals surface area contributed by atoms with E-state index >= 15 is 0 Å². The van der Waals surface area contributed by atoms with Crippen molar-refractivity contribution in [1.29, 1.82) is 0 Å². The zero-order chi connectivity index (χ0) is 17.9. The van der Waals surface area contributed by atoms with Gasteiger partial charge in [-0.15, -0.1) is 0 Å². The number of anilines is 1. The van der Waals surface area contributed by atoms with E-state index < -0.39 is 5.54 Å². The summed E-state index contributed by atoms with van der Waals surface area (Å²) >= 11 is 0. The van der Waals surface area contributed by atoms with E-state index in [2.05, 4.69) is 10.6 Å². The average molecular weight is 349 g/mol. The summed E-state index contributed by atoms with van der Waals surface area (Å²) in [7, 11) is 0. The van der Waals surface area contributed by atoms with E-state index in [1.165, 1.54) is 6.07 Å². The molecule has 6 heteroatoms. The first-order valence-corrected chi connectivity index (χ1v) is 9.23. The summed E-state index contributed by atoms with van der Waals surface area (Å²) in [6, 6.07) is 5.13. The van der Waals surface area contributed by atoms with E-state index in [-0.39, 0.29) is 17.8 Å². The van der Waals surface area contributed by atoms with Gasteiger partial charge in [0.25, 0.3) is 0 Å². The van der Waals surface area contributed by atoms with Crippen LogP contribution in [0.4, 0.5) is 10.1 Å². The molecule has 0 bridgehead atoms. The molecule has 5 nitrogen and oxygen atoms in total. The van der Waals surface area contributed by atoms with Crippen molar-refractivity contribution >= 4 is 11.6 Å². The van der Waals surface area contributed by atoms with E-state index in [4.69, 9.17) is 0 Å². The summed E-state index contributed by atoms with van der Waals surface area (Å²) in [5, 5.41) is 15.8. The van der Waals surface area contributed by atoms with Crippen LogP contribution in [0, 0.1) is 5.82 Å². The number of hydrogen-bond donors (Lipinski definition) is 3. The fourth-order valence-electron chi connectivity index (χ4n) is 3.65. The predicted octanol–water partition coefficient (Wildman–Crippen LogP) is 1.94. The maximum atomic E-state index is 14.5. The van der Waals surface area contributed by atoms with E-state index in [0.29, 0.717) is 38.2 Å². The Kier molecular flexibility index (Phi) is 5.59. The highest BCUT2D eigenvalue weighted by Gasteiger charge is 2.33. The SMILES string of the molecule is C[C@@]1(C(=O)NCc2ccc(N3CCC(O)CC3)c(F)c2)CCCCN1. The molecule has 25 heavy (non-hydrogen) atoms. The highest BCUT2D eigenvalue weighted by molar-refractivity contribution is 5.85. The molecule has 2 fully saturated rings. The molecule has 0 spiro atoms. The molecule has 1 amide bonds. The van der Waals surface area contributed by atoms with Gasteiger partial charge in [0.05, 0.1) is 17.3 Å². The fourth-order valence-corrected chi connectivity index (χ4v) is 3.65. The molecule has 1 aromatic rings. The normalized spacial score (nSPS) is 25.0. The Morgan fingerprint density at radius 3 is 2.80 bits per heavy atom. The second-order valence-corrected chi connectivity index (χ2v) is 7.40. The molecule has 2 saturated heterocycles. The molecular formula is C19H28FN3O2. The van der Waals surface area contributed by atoms with E-state index in [1.54, 1.807) is 6.07 Å². The third kappa shape index (κ3) is 4.30. The average Bonchev–Trinajstić information content (AvgIpc) is 2.61. The largest absolute Gasteiger partial charge is 0.393 e. The van der Waals surface area contributed by atoms with Crippen LogP contribution in [0.5, 0.6) is 0 Å². The zero-order valence-corrected chi connectivity index (χ0v) is 14.9. The third-order valence-corrected chi connectivity index (χ3v) is 5.39. The van der Waals surface area contributed by atoms with Crippen molar-refractivity contribution in [3.63, 3.8) is 0 Å². The maximum Gasteiger partial charge on any atom is 0.240 e. The number of nitrogens with one attached hydrogen (secondary N) is 2.